The normalized spacial score (nSPS) is 22.4. The number of phosphoric acid groups is 1. The van der Waals surface area contributed by atoms with Crippen molar-refractivity contribution in [2.75, 3.05) is 19.8 Å². The van der Waals surface area contributed by atoms with Gasteiger partial charge in [-0.1, -0.05) is 135 Å². The summed E-state index contributed by atoms with van der Waals surface area (Å²) in [6.45, 7) is 1.06. The van der Waals surface area contributed by atoms with E-state index >= 15 is 0 Å². The lowest BCUT2D eigenvalue weighted by molar-refractivity contribution is -0.220. The van der Waals surface area contributed by atoms with Gasteiger partial charge in [-0.05, 0) is 96.3 Å². The van der Waals surface area contributed by atoms with Gasteiger partial charge in [0.1, 0.15) is 43.2 Å². The number of carbonyl (C=O) groups excluding carboxylic acids is 2. The lowest BCUT2D eigenvalue weighted by Gasteiger charge is -2.41. The molecule has 1 fully saturated rings. The van der Waals surface area contributed by atoms with Crippen LogP contribution in [0.4, 0.5) is 0 Å². The third-order valence-electron chi connectivity index (χ3n) is 9.86. The molecule has 0 spiro atoms. The quantitative estimate of drug-likeness (QED) is 0.0134. The lowest BCUT2D eigenvalue weighted by atomic mass is 9.85. The number of aliphatic hydroxyl groups is 6. The summed E-state index contributed by atoms with van der Waals surface area (Å²) in [6, 6.07) is 0. The number of unbranched alkanes of at least 4 members (excludes halogenated alkanes) is 4. The van der Waals surface area contributed by atoms with Gasteiger partial charge in [-0.2, -0.15) is 0 Å². The summed E-state index contributed by atoms with van der Waals surface area (Å²) < 4.78 is 33.4. The molecule has 8 atom stereocenters. The van der Waals surface area contributed by atoms with Gasteiger partial charge in [0.05, 0.1) is 6.61 Å². The summed E-state index contributed by atoms with van der Waals surface area (Å²) in [6.07, 6.45) is 41.4. The maximum absolute atomic E-state index is 12.8. The molecule has 1 aliphatic carbocycles. The van der Waals surface area contributed by atoms with Crippen LogP contribution in [0.5, 0.6) is 0 Å². The largest absolute Gasteiger partial charge is 0.472 e. The SMILES string of the molecule is CC/C=C\C/C=C\C/C=C\C/C=C\C/C=C\C/C=C\CCC(=O)O[C@H](COC(=O)CCC/C=C\C/C=C\C/C=C\C/C=C\CCCCCO)COP(=O)(O)OC1[C@H](O)[C@H](O)C(O)[C@H](O)[C@H]1O. The first kappa shape index (κ1) is 60.2. The first-order valence-electron chi connectivity index (χ1n) is 23.4. The molecule has 1 saturated carbocycles. The summed E-state index contributed by atoms with van der Waals surface area (Å²) in [4.78, 5) is 35.7. The molecule has 1 aliphatic rings. The minimum Gasteiger partial charge on any atom is -0.462 e. The highest BCUT2D eigenvalue weighted by atomic mass is 31.2. The van der Waals surface area contributed by atoms with Crippen LogP contribution >= 0.6 is 7.82 Å². The second-order valence-corrected chi connectivity index (χ2v) is 17.0. The Bertz CT molecular complexity index is 1610. The van der Waals surface area contributed by atoms with Gasteiger partial charge in [0.2, 0.25) is 0 Å². The Morgan fingerprint density at radius 2 is 0.909 bits per heavy atom. The zero-order chi connectivity index (χ0) is 48.5. The van der Waals surface area contributed by atoms with Crippen molar-refractivity contribution in [3.05, 3.63) is 122 Å². The molecule has 0 amide bonds. The zero-order valence-electron chi connectivity index (χ0n) is 38.9. The first-order chi connectivity index (χ1) is 31.9. The van der Waals surface area contributed by atoms with Crippen LogP contribution in [0.1, 0.15) is 122 Å². The highest BCUT2D eigenvalue weighted by Crippen LogP contribution is 2.47. The van der Waals surface area contributed by atoms with E-state index in [0.717, 1.165) is 77.0 Å². The van der Waals surface area contributed by atoms with Gasteiger partial charge in [0.15, 0.2) is 6.10 Å². The number of esters is 2. The molecular formula is C51H79O14P. The number of rotatable bonds is 37. The van der Waals surface area contributed by atoms with Gasteiger partial charge in [0.25, 0.3) is 0 Å². The number of ether oxygens (including phenoxy) is 2. The summed E-state index contributed by atoms with van der Waals surface area (Å²) >= 11 is 0. The maximum Gasteiger partial charge on any atom is 0.472 e. The second-order valence-electron chi connectivity index (χ2n) is 15.6. The fraction of sp³-hybridized carbons (Fsp3) is 0.569. The van der Waals surface area contributed by atoms with E-state index in [9.17, 15) is 44.6 Å². The van der Waals surface area contributed by atoms with E-state index < -0.39 is 75.7 Å². The minimum atomic E-state index is -5.17. The lowest BCUT2D eigenvalue weighted by Crippen LogP contribution is -2.64. The Labute approximate surface area is 393 Å². The topological polar surface area (TPSA) is 230 Å². The van der Waals surface area contributed by atoms with Gasteiger partial charge < -0.3 is 45.0 Å². The van der Waals surface area contributed by atoms with E-state index in [4.69, 9.17) is 23.6 Å². The van der Waals surface area contributed by atoms with Crippen molar-refractivity contribution in [2.45, 2.75) is 165 Å². The fourth-order valence-electron chi connectivity index (χ4n) is 6.11. The van der Waals surface area contributed by atoms with Crippen molar-refractivity contribution in [2.24, 2.45) is 0 Å². The Kier molecular flexibility index (Phi) is 36.8. The van der Waals surface area contributed by atoms with Gasteiger partial charge in [-0.25, -0.2) is 4.57 Å². The van der Waals surface area contributed by atoms with Crippen LogP contribution in [0, 0.1) is 0 Å². The monoisotopic (exact) mass is 947 g/mol. The molecule has 14 nitrogen and oxygen atoms in total. The summed E-state index contributed by atoms with van der Waals surface area (Å²) in [5, 5.41) is 59.0. The van der Waals surface area contributed by atoms with Gasteiger partial charge >= 0.3 is 19.8 Å². The number of hydrogen-bond donors (Lipinski definition) is 7. The molecule has 372 valence electrons. The minimum absolute atomic E-state index is 0.0535. The Morgan fingerprint density at radius 1 is 0.500 bits per heavy atom. The molecule has 1 rings (SSSR count). The smallest absolute Gasteiger partial charge is 0.462 e. The maximum atomic E-state index is 12.8. The molecule has 0 heterocycles. The van der Waals surface area contributed by atoms with Crippen molar-refractivity contribution < 1.29 is 68.2 Å². The highest BCUT2D eigenvalue weighted by molar-refractivity contribution is 7.47. The number of phosphoric ester groups is 1. The van der Waals surface area contributed by atoms with Crippen LogP contribution in [-0.2, 0) is 32.7 Å². The molecule has 0 aromatic heterocycles. The van der Waals surface area contributed by atoms with Crippen molar-refractivity contribution in [1.29, 1.82) is 0 Å². The fourth-order valence-corrected chi connectivity index (χ4v) is 7.08. The predicted molar refractivity (Wildman–Crippen MR) is 259 cm³/mol. The first-order valence-corrected chi connectivity index (χ1v) is 24.9. The summed E-state index contributed by atoms with van der Waals surface area (Å²) in [5.41, 5.74) is 0. The molecule has 7 N–H and O–H groups in total. The van der Waals surface area contributed by atoms with Gasteiger partial charge in [-0.15, -0.1) is 0 Å². The molecule has 0 bridgehead atoms. The van der Waals surface area contributed by atoms with Crippen LogP contribution in [-0.4, -0.2) is 110 Å². The van der Waals surface area contributed by atoms with Crippen molar-refractivity contribution in [1.82, 2.24) is 0 Å². The van der Waals surface area contributed by atoms with E-state index in [1.165, 1.54) is 0 Å². The molecule has 0 radical (unpaired) electrons. The van der Waals surface area contributed by atoms with E-state index in [-0.39, 0.29) is 19.4 Å². The van der Waals surface area contributed by atoms with Crippen molar-refractivity contribution >= 4 is 19.8 Å². The summed E-state index contributed by atoms with van der Waals surface area (Å²) in [5.74, 6) is -1.29. The van der Waals surface area contributed by atoms with Crippen LogP contribution in [0.3, 0.4) is 0 Å². The molecule has 66 heavy (non-hydrogen) atoms. The third kappa shape index (κ3) is 32.0. The Hall–Kier alpha value is -3.79. The molecule has 0 saturated heterocycles. The molecule has 0 aromatic rings. The molecule has 15 heteroatoms. The van der Waals surface area contributed by atoms with Crippen molar-refractivity contribution in [3.8, 4) is 0 Å². The standard InChI is InChI=1S/C51H79O14P/c1-2-3-4-5-6-7-8-9-10-11-12-14-18-21-24-27-30-33-36-39-45(54)64-43(42-63-66(60,61)65-51-49(58)47(56)46(55)48(57)50(51)59)41-62-44(53)38-35-32-29-26-23-20-17-15-13-16-19-22-25-28-31-34-37-40-52/h3-4,6-7,9-10,12-14,16-17,20-22,24-26,29-30,33,43,46-52,55-59H,2,5,8,11,15,18-19,23,27-28,31-32,34-42H2,1H3,(H,60,61)/b4-3-,7-6-,10-9-,14-12-,16-13-,20-17-,24-21-,25-22-,29-26-,33-30-/t43-,46?,47-,48+,49-,50-,51?/m1/s1. The second kappa shape index (κ2) is 40.3. The number of allylic oxidation sites excluding steroid dienone is 20. The zero-order valence-corrected chi connectivity index (χ0v) is 39.8. The van der Waals surface area contributed by atoms with Crippen molar-refractivity contribution in [3.63, 3.8) is 0 Å². The number of carbonyl (C=O) groups is 2. The van der Waals surface area contributed by atoms with Crippen LogP contribution in [0.2, 0.25) is 0 Å². The average molecular weight is 947 g/mol. The Balaban J connectivity index is 2.56. The molecule has 3 unspecified atom stereocenters. The third-order valence-corrected chi connectivity index (χ3v) is 10.8. The molecule has 0 aromatic carbocycles. The van der Waals surface area contributed by atoms with E-state index in [2.05, 4.69) is 92.0 Å². The Morgan fingerprint density at radius 3 is 1.36 bits per heavy atom. The highest BCUT2D eigenvalue weighted by Gasteiger charge is 2.51. The number of aliphatic hydroxyl groups excluding tert-OH is 6. The molecule has 0 aliphatic heterocycles. The number of hydrogen-bond acceptors (Lipinski definition) is 13. The predicted octanol–water partition coefficient (Wildman–Crippen LogP) is 8.36. The van der Waals surface area contributed by atoms with Crippen LogP contribution in [0.25, 0.3) is 0 Å². The van der Waals surface area contributed by atoms with Crippen LogP contribution in [0.15, 0.2) is 122 Å². The van der Waals surface area contributed by atoms with Gasteiger partial charge in [-0.3, -0.25) is 18.6 Å². The van der Waals surface area contributed by atoms with E-state index in [1.54, 1.807) is 0 Å². The summed E-state index contributed by atoms with van der Waals surface area (Å²) in [7, 11) is -5.17. The van der Waals surface area contributed by atoms with Crippen LogP contribution < -0.4 is 0 Å². The van der Waals surface area contributed by atoms with E-state index in [0.29, 0.717) is 25.7 Å². The molecular weight excluding hydrogens is 868 g/mol. The van der Waals surface area contributed by atoms with Gasteiger partial charge in [0, 0.05) is 19.4 Å². The van der Waals surface area contributed by atoms with E-state index in [1.807, 2.05) is 36.5 Å². The average Bonchev–Trinajstić information content (AvgIpc) is 3.30.